The van der Waals surface area contributed by atoms with Gasteiger partial charge in [0.2, 0.25) is 0 Å². The minimum absolute atomic E-state index is 0.0527. The van der Waals surface area contributed by atoms with E-state index in [2.05, 4.69) is 10.3 Å². The lowest BCUT2D eigenvalue weighted by atomic mass is 9.85. The summed E-state index contributed by atoms with van der Waals surface area (Å²) in [5.41, 5.74) is -0.565. The number of aliphatic hydroxyl groups is 3. The SMILES string of the molecule is CC(C)(O)[C@H](c1nc(-c2cc(F)ccc2F)cn1Cc1ccccc1)N1C[C@@H]2C(NC[C@H]2O)[C@H](O)C1=O. The lowest BCUT2D eigenvalue weighted by Gasteiger charge is -2.45. The number of benzene rings is 2. The summed E-state index contributed by atoms with van der Waals surface area (Å²) in [6, 6.07) is 10.8. The van der Waals surface area contributed by atoms with Gasteiger partial charge in [-0.3, -0.25) is 4.79 Å². The molecule has 1 amide bonds. The first-order valence-corrected chi connectivity index (χ1v) is 12.2. The molecule has 0 aliphatic carbocycles. The topological polar surface area (TPSA) is 111 Å². The van der Waals surface area contributed by atoms with Crippen LogP contribution in [-0.4, -0.2) is 72.6 Å². The molecular weight excluding hydrogens is 482 g/mol. The van der Waals surface area contributed by atoms with Crippen molar-refractivity contribution in [2.24, 2.45) is 5.92 Å². The van der Waals surface area contributed by atoms with Gasteiger partial charge in [-0.15, -0.1) is 0 Å². The number of hydrogen-bond donors (Lipinski definition) is 4. The first kappa shape index (κ1) is 25.5. The molecule has 10 heteroatoms. The fraction of sp³-hybridized carbons (Fsp3) is 0.407. The largest absolute Gasteiger partial charge is 0.391 e. The third-order valence-corrected chi connectivity index (χ3v) is 7.23. The number of β-amino-alcohol motifs (C(OH)–C–C–N with tert-alkyl or cyclic N) is 1. The van der Waals surface area contributed by atoms with Gasteiger partial charge in [0.25, 0.3) is 5.91 Å². The monoisotopic (exact) mass is 512 g/mol. The quantitative estimate of drug-likeness (QED) is 0.401. The highest BCUT2D eigenvalue weighted by atomic mass is 19.1. The van der Waals surface area contributed by atoms with E-state index < -0.39 is 53.4 Å². The van der Waals surface area contributed by atoms with Crippen LogP contribution in [-0.2, 0) is 11.3 Å². The molecule has 0 radical (unpaired) electrons. The third-order valence-electron chi connectivity index (χ3n) is 7.23. The van der Waals surface area contributed by atoms with Crippen molar-refractivity contribution in [3.05, 3.63) is 77.8 Å². The van der Waals surface area contributed by atoms with Gasteiger partial charge >= 0.3 is 0 Å². The summed E-state index contributed by atoms with van der Waals surface area (Å²) in [6.07, 6.45) is -0.629. The number of fused-ring (bicyclic) bond motifs is 1. The molecule has 5 rings (SSSR count). The lowest BCUT2D eigenvalue weighted by Crippen LogP contribution is -2.62. The molecule has 5 atom stereocenters. The van der Waals surface area contributed by atoms with E-state index in [0.29, 0.717) is 0 Å². The molecule has 2 fully saturated rings. The lowest BCUT2D eigenvalue weighted by molar-refractivity contribution is -0.160. The number of halogens is 2. The van der Waals surface area contributed by atoms with Crippen LogP contribution in [0.3, 0.4) is 0 Å². The normalized spacial score (nSPS) is 24.8. The van der Waals surface area contributed by atoms with E-state index in [1.165, 1.54) is 18.7 Å². The Morgan fingerprint density at radius 2 is 1.89 bits per heavy atom. The van der Waals surface area contributed by atoms with Gasteiger partial charge in [0, 0.05) is 43.4 Å². The number of imidazole rings is 1. The number of nitrogens with one attached hydrogen (secondary N) is 1. The zero-order valence-corrected chi connectivity index (χ0v) is 20.6. The summed E-state index contributed by atoms with van der Waals surface area (Å²) in [4.78, 5) is 19.3. The van der Waals surface area contributed by atoms with Crippen LogP contribution in [0.15, 0.2) is 54.7 Å². The Morgan fingerprint density at radius 3 is 2.59 bits per heavy atom. The fourth-order valence-electron chi connectivity index (χ4n) is 5.47. The highest BCUT2D eigenvalue weighted by Crippen LogP contribution is 2.38. The van der Waals surface area contributed by atoms with Crippen LogP contribution >= 0.6 is 0 Å². The van der Waals surface area contributed by atoms with Crippen LogP contribution in [0.5, 0.6) is 0 Å². The molecule has 0 saturated carbocycles. The highest BCUT2D eigenvalue weighted by Gasteiger charge is 2.52. The van der Waals surface area contributed by atoms with Crippen LogP contribution in [0.4, 0.5) is 8.78 Å². The molecule has 3 heterocycles. The van der Waals surface area contributed by atoms with Crippen molar-refractivity contribution in [1.29, 1.82) is 0 Å². The Bertz CT molecular complexity index is 1290. The van der Waals surface area contributed by atoms with E-state index in [-0.39, 0.29) is 36.7 Å². The number of hydrogen-bond acceptors (Lipinski definition) is 6. The van der Waals surface area contributed by atoms with Crippen LogP contribution in [0, 0.1) is 17.6 Å². The Balaban J connectivity index is 1.64. The predicted octanol–water partition coefficient (Wildman–Crippen LogP) is 1.84. The van der Waals surface area contributed by atoms with E-state index in [0.717, 1.165) is 23.8 Å². The minimum atomic E-state index is -1.54. The van der Waals surface area contributed by atoms with E-state index in [9.17, 15) is 28.9 Å². The first-order chi connectivity index (χ1) is 17.5. The molecule has 196 valence electrons. The molecule has 8 nitrogen and oxygen atoms in total. The van der Waals surface area contributed by atoms with Gasteiger partial charge in [0.15, 0.2) is 0 Å². The molecule has 0 spiro atoms. The Hall–Kier alpha value is -3.18. The average Bonchev–Trinajstić information content (AvgIpc) is 3.42. The maximum atomic E-state index is 14.7. The maximum absolute atomic E-state index is 14.7. The zero-order valence-electron chi connectivity index (χ0n) is 20.6. The number of nitrogens with zero attached hydrogens (tertiary/aromatic N) is 3. The molecule has 1 aromatic heterocycles. The van der Waals surface area contributed by atoms with E-state index in [1.807, 2.05) is 30.3 Å². The van der Waals surface area contributed by atoms with E-state index >= 15 is 0 Å². The number of carbonyl (C=O) groups excluding carboxylic acids is 1. The van der Waals surface area contributed by atoms with Crippen molar-refractivity contribution in [3.8, 4) is 11.3 Å². The van der Waals surface area contributed by atoms with Crippen LogP contribution in [0.2, 0.25) is 0 Å². The summed E-state index contributed by atoms with van der Waals surface area (Å²) in [5.74, 6) is -2.10. The molecule has 37 heavy (non-hydrogen) atoms. The van der Waals surface area contributed by atoms with Crippen LogP contribution < -0.4 is 5.32 Å². The third kappa shape index (κ3) is 4.77. The molecule has 3 aromatic rings. The summed E-state index contributed by atoms with van der Waals surface area (Å²) in [6.45, 7) is 3.65. The average molecular weight is 513 g/mol. The number of likely N-dealkylation sites (tertiary alicyclic amines) is 1. The number of piperidine rings is 1. The summed E-state index contributed by atoms with van der Waals surface area (Å²) < 4.78 is 30.4. The number of amides is 1. The standard InChI is InChI=1S/C27H30F2N4O4/c1-27(2,37)24(33-13-18-21(34)11-30-22(18)23(35)26(33)36)25-31-20(17-10-16(28)8-9-19(17)29)14-32(25)12-15-6-4-3-5-7-15/h3-10,14,18,21-24,30,34-35,37H,11-13H2,1-2H3/t18-,21+,22?,23-,24-/m0/s1. The second kappa shape index (κ2) is 9.60. The molecule has 1 unspecified atom stereocenters. The summed E-state index contributed by atoms with van der Waals surface area (Å²) >= 11 is 0. The maximum Gasteiger partial charge on any atom is 0.253 e. The van der Waals surface area contributed by atoms with Crippen molar-refractivity contribution >= 4 is 5.91 Å². The van der Waals surface area contributed by atoms with Crippen molar-refractivity contribution in [3.63, 3.8) is 0 Å². The summed E-state index contributed by atoms with van der Waals surface area (Å²) in [7, 11) is 0. The molecule has 2 aromatic carbocycles. The molecule has 2 aliphatic rings. The van der Waals surface area contributed by atoms with Gasteiger partial charge in [-0.1, -0.05) is 30.3 Å². The molecular formula is C27H30F2N4O4. The Kier molecular flexibility index (Phi) is 6.61. The predicted molar refractivity (Wildman–Crippen MR) is 131 cm³/mol. The first-order valence-electron chi connectivity index (χ1n) is 12.2. The number of carbonyl (C=O) groups is 1. The molecule has 2 aliphatic heterocycles. The number of rotatable bonds is 6. The molecule has 0 bridgehead atoms. The Morgan fingerprint density at radius 1 is 1.16 bits per heavy atom. The van der Waals surface area contributed by atoms with Crippen molar-refractivity contribution < 1.29 is 28.9 Å². The van der Waals surface area contributed by atoms with E-state index in [4.69, 9.17) is 0 Å². The smallest absolute Gasteiger partial charge is 0.253 e. The van der Waals surface area contributed by atoms with Crippen molar-refractivity contribution in [2.45, 2.75) is 50.3 Å². The Labute approximate surface area is 213 Å². The van der Waals surface area contributed by atoms with Gasteiger partial charge in [0.05, 0.1) is 17.4 Å². The zero-order chi connectivity index (χ0) is 26.5. The second-order valence-corrected chi connectivity index (χ2v) is 10.4. The van der Waals surface area contributed by atoms with Gasteiger partial charge in [-0.25, -0.2) is 13.8 Å². The van der Waals surface area contributed by atoms with Crippen LogP contribution in [0.1, 0.15) is 31.3 Å². The second-order valence-electron chi connectivity index (χ2n) is 10.4. The molecule has 2 saturated heterocycles. The number of aromatic nitrogens is 2. The summed E-state index contributed by atoms with van der Waals surface area (Å²) in [5, 5.41) is 35.6. The molecule has 4 N–H and O–H groups in total. The van der Waals surface area contributed by atoms with Gasteiger partial charge < -0.3 is 30.1 Å². The fourth-order valence-corrected chi connectivity index (χ4v) is 5.47. The van der Waals surface area contributed by atoms with Gasteiger partial charge in [-0.2, -0.15) is 0 Å². The van der Waals surface area contributed by atoms with Gasteiger partial charge in [0.1, 0.15) is 29.6 Å². The van der Waals surface area contributed by atoms with Gasteiger partial charge in [-0.05, 0) is 37.6 Å². The van der Waals surface area contributed by atoms with Crippen molar-refractivity contribution in [2.75, 3.05) is 13.1 Å². The van der Waals surface area contributed by atoms with Crippen LogP contribution in [0.25, 0.3) is 11.3 Å². The van der Waals surface area contributed by atoms with Crippen molar-refractivity contribution in [1.82, 2.24) is 19.8 Å². The number of aliphatic hydroxyl groups excluding tert-OH is 2. The minimum Gasteiger partial charge on any atom is -0.391 e. The van der Waals surface area contributed by atoms with E-state index in [1.54, 1.807) is 10.8 Å². The highest BCUT2D eigenvalue weighted by molar-refractivity contribution is 5.83.